The van der Waals surface area contributed by atoms with Gasteiger partial charge in [-0.3, -0.25) is 4.90 Å². The van der Waals surface area contributed by atoms with Crippen LogP contribution in [0.3, 0.4) is 0 Å². The molecule has 41 heavy (non-hydrogen) atoms. The first-order valence-electron chi connectivity index (χ1n) is 13.5. The number of hydrogen-bond donors (Lipinski definition) is 2. The number of oxime groups is 1. The van der Waals surface area contributed by atoms with E-state index in [2.05, 4.69) is 31.7 Å². The highest BCUT2D eigenvalue weighted by atomic mass is 35.5. The third-order valence-corrected chi connectivity index (χ3v) is 7.75. The molecular formula is C30H30ClFN6O3. The number of rotatable bonds is 9. The number of aromatic nitrogens is 3. The van der Waals surface area contributed by atoms with Crippen LogP contribution >= 0.6 is 11.6 Å². The Bertz CT molecular complexity index is 1630. The van der Waals surface area contributed by atoms with Crippen LogP contribution < -0.4 is 10.5 Å². The predicted molar refractivity (Wildman–Crippen MR) is 154 cm³/mol. The van der Waals surface area contributed by atoms with Crippen LogP contribution in [0.15, 0.2) is 66.0 Å². The van der Waals surface area contributed by atoms with E-state index in [4.69, 9.17) is 37.0 Å². The van der Waals surface area contributed by atoms with Gasteiger partial charge in [-0.15, -0.1) is 0 Å². The van der Waals surface area contributed by atoms with Crippen LogP contribution in [0, 0.1) is 5.82 Å². The third-order valence-electron chi connectivity index (χ3n) is 7.52. The minimum Gasteiger partial charge on any atom is -0.489 e. The molecule has 0 bridgehead atoms. The third kappa shape index (κ3) is 6.04. The summed E-state index contributed by atoms with van der Waals surface area (Å²) in [4.78, 5) is 11.8. The lowest BCUT2D eigenvalue weighted by Crippen LogP contribution is -2.33. The van der Waals surface area contributed by atoms with Crippen molar-refractivity contribution in [2.45, 2.75) is 38.6 Å². The van der Waals surface area contributed by atoms with Crippen molar-refractivity contribution in [2.24, 2.45) is 10.9 Å². The maximum absolute atomic E-state index is 14.1. The Hall–Kier alpha value is -3.99. The molecule has 1 unspecified atom stereocenters. The quantitative estimate of drug-likeness (QED) is 0.125. The van der Waals surface area contributed by atoms with Crippen molar-refractivity contribution in [1.82, 2.24) is 19.4 Å². The summed E-state index contributed by atoms with van der Waals surface area (Å²) in [6.45, 7) is 3.87. The molecule has 0 radical (unpaired) electrons. The molecule has 1 saturated heterocycles. The average molecular weight is 577 g/mol. The van der Waals surface area contributed by atoms with Crippen molar-refractivity contribution in [1.29, 1.82) is 0 Å². The fraction of sp³-hybridized carbons (Fsp3) is 0.300. The van der Waals surface area contributed by atoms with Gasteiger partial charge in [-0.05, 0) is 54.3 Å². The SMILES string of the molecule is NC(=NO)c1cnc2c(c1)nc(CN1CC=C(c3cccc(OCc4ccc(Cl)cc4F)c3)CC1)n2CC1CCO1. The molecule has 212 valence electrons. The first-order chi connectivity index (χ1) is 20.0. The molecule has 0 saturated carbocycles. The van der Waals surface area contributed by atoms with Crippen molar-refractivity contribution in [3.05, 3.63) is 94.2 Å². The van der Waals surface area contributed by atoms with Gasteiger partial charge in [0.15, 0.2) is 11.5 Å². The first kappa shape index (κ1) is 27.2. The number of nitrogens with zero attached hydrogens (tertiary/aromatic N) is 5. The minimum atomic E-state index is -0.378. The van der Waals surface area contributed by atoms with Gasteiger partial charge in [-0.25, -0.2) is 14.4 Å². The number of pyridine rings is 1. The van der Waals surface area contributed by atoms with Crippen molar-refractivity contribution in [2.75, 3.05) is 19.7 Å². The molecule has 11 heteroatoms. The Kier molecular flexibility index (Phi) is 7.86. The zero-order chi connectivity index (χ0) is 28.3. The van der Waals surface area contributed by atoms with E-state index in [1.54, 1.807) is 24.4 Å². The van der Waals surface area contributed by atoms with Gasteiger partial charge in [0.25, 0.3) is 0 Å². The maximum Gasteiger partial charge on any atom is 0.171 e. The van der Waals surface area contributed by atoms with Crippen LogP contribution in [0.2, 0.25) is 5.02 Å². The highest BCUT2D eigenvalue weighted by molar-refractivity contribution is 6.30. The monoisotopic (exact) mass is 576 g/mol. The van der Waals surface area contributed by atoms with E-state index in [0.717, 1.165) is 49.6 Å². The second-order valence-electron chi connectivity index (χ2n) is 10.2. The molecular weight excluding hydrogens is 547 g/mol. The van der Waals surface area contributed by atoms with Crippen LogP contribution in [0.25, 0.3) is 16.7 Å². The Balaban J connectivity index is 1.15. The van der Waals surface area contributed by atoms with Crippen molar-refractivity contribution < 1.29 is 19.1 Å². The van der Waals surface area contributed by atoms with Gasteiger partial charge in [0.2, 0.25) is 0 Å². The average Bonchev–Trinajstić information content (AvgIpc) is 3.30. The second kappa shape index (κ2) is 11.9. The zero-order valence-corrected chi connectivity index (χ0v) is 23.1. The largest absolute Gasteiger partial charge is 0.489 e. The number of hydrogen-bond acceptors (Lipinski definition) is 7. The summed E-state index contributed by atoms with van der Waals surface area (Å²) in [5.74, 6) is 1.21. The van der Waals surface area contributed by atoms with Gasteiger partial charge in [-0.1, -0.05) is 41.0 Å². The fourth-order valence-electron chi connectivity index (χ4n) is 5.10. The van der Waals surface area contributed by atoms with Crippen LogP contribution in [0.4, 0.5) is 4.39 Å². The number of imidazole rings is 1. The molecule has 3 N–H and O–H groups in total. The lowest BCUT2D eigenvalue weighted by molar-refractivity contribution is -0.0592. The fourth-order valence-corrected chi connectivity index (χ4v) is 5.26. The molecule has 2 aliphatic heterocycles. The molecule has 6 rings (SSSR count). The normalized spacial score (nSPS) is 17.9. The molecule has 0 aliphatic carbocycles. The molecule has 2 aromatic heterocycles. The summed E-state index contributed by atoms with van der Waals surface area (Å²) in [6.07, 6.45) is 5.86. The lowest BCUT2D eigenvalue weighted by atomic mass is 9.99. The maximum atomic E-state index is 14.1. The van der Waals surface area contributed by atoms with Crippen molar-refractivity contribution >= 4 is 34.2 Å². The van der Waals surface area contributed by atoms with E-state index >= 15 is 0 Å². The van der Waals surface area contributed by atoms with Crippen LogP contribution in [-0.2, 0) is 24.4 Å². The first-order valence-corrected chi connectivity index (χ1v) is 13.9. The Morgan fingerprint density at radius 3 is 2.85 bits per heavy atom. The van der Waals surface area contributed by atoms with Gasteiger partial charge < -0.3 is 25.0 Å². The summed E-state index contributed by atoms with van der Waals surface area (Å²) in [7, 11) is 0. The zero-order valence-electron chi connectivity index (χ0n) is 22.3. The Morgan fingerprint density at radius 2 is 2.12 bits per heavy atom. The number of amidine groups is 1. The summed E-state index contributed by atoms with van der Waals surface area (Å²) < 4.78 is 27.8. The van der Waals surface area contributed by atoms with Gasteiger partial charge in [-0.2, -0.15) is 0 Å². The lowest BCUT2D eigenvalue weighted by Gasteiger charge is -2.29. The standard InChI is InChI=1S/C30H30ClFN6O3/c31-23-5-4-21(26(32)14-23)18-41-24-3-1-2-20(12-24)19-6-9-37(10-7-19)17-28-35-27-13-22(29(33)36-39)15-34-30(27)38(28)16-25-8-11-40-25/h1-6,12-15,25,39H,7-11,16-18H2,(H2,33,36). The molecule has 9 nitrogen and oxygen atoms in total. The number of fused-ring (bicyclic) bond motifs is 1. The molecule has 4 heterocycles. The van der Waals surface area contributed by atoms with Crippen molar-refractivity contribution in [3.8, 4) is 5.75 Å². The Morgan fingerprint density at radius 1 is 1.24 bits per heavy atom. The van der Waals surface area contributed by atoms with Crippen LogP contribution in [-0.4, -0.2) is 56.3 Å². The van der Waals surface area contributed by atoms with E-state index in [0.29, 0.717) is 40.5 Å². The van der Waals surface area contributed by atoms with Gasteiger partial charge >= 0.3 is 0 Å². The molecule has 2 aromatic carbocycles. The molecule has 1 atom stereocenters. The highest BCUT2D eigenvalue weighted by Gasteiger charge is 2.24. The summed E-state index contributed by atoms with van der Waals surface area (Å²) in [5.41, 5.74) is 10.5. The van der Waals surface area contributed by atoms with E-state index < -0.39 is 0 Å². The number of nitrogens with two attached hydrogens (primary N) is 1. The van der Waals surface area contributed by atoms with Gasteiger partial charge in [0, 0.05) is 42.0 Å². The topological polar surface area (TPSA) is 111 Å². The Labute approximate surface area is 241 Å². The van der Waals surface area contributed by atoms with E-state index in [-0.39, 0.29) is 24.4 Å². The second-order valence-corrected chi connectivity index (χ2v) is 10.7. The number of ether oxygens (including phenoxy) is 2. The summed E-state index contributed by atoms with van der Waals surface area (Å²) >= 11 is 5.85. The van der Waals surface area contributed by atoms with E-state index in [9.17, 15) is 4.39 Å². The number of halogens is 2. The summed E-state index contributed by atoms with van der Waals surface area (Å²) in [6, 6.07) is 14.3. The molecule has 1 fully saturated rings. The van der Waals surface area contributed by atoms with E-state index in [1.165, 1.54) is 11.6 Å². The summed E-state index contributed by atoms with van der Waals surface area (Å²) in [5, 5.41) is 12.5. The van der Waals surface area contributed by atoms with Crippen LogP contribution in [0.1, 0.15) is 35.4 Å². The minimum absolute atomic E-state index is 0.00173. The van der Waals surface area contributed by atoms with Crippen LogP contribution in [0.5, 0.6) is 5.75 Å². The van der Waals surface area contributed by atoms with E-state index in [1.807, 2.05) is 18.2 Å². The molecule has 0 spiro atoms. The predicted octanol–water partition coefficient (Wildman–Crippen LogP) is 4.98. The molecule has 0 amide bonds. The smallest absolute Gasteiger partial charge is 0.171 e. The highest BCUT2D eigenvalue weighted by Crippen LogP contribution is 2.28. The molecule has 4 aromatic rings. The van der Waals surface area contributed by atoms with Crippen molar-refractivity contribution in [3.63, 3.8) is 0 Å². The number of benzene rings is 2. The molecule has 2 aliphatic rings. The van der Waals surface area contributed by atoms with Gasteiger partial charge in [0.05, 0.1) is 19.2 Å². The van der Waals surface area contributed by atoms with Gasteiger partial charge in [0.1, 0.15) is 29.5 Å².